The van der Waals surface area contributed by atoms with Gasteiger partial charge in [0.05, 0.1) is 33.2 Å². The van der Waals surface area contributed by atoms with Crippen molar-refractivity contribution in [3.05, 3.63) is 92.8 Å². The summed E-state index contributed by atoms with van der Waals surface area (Å²) in [4.78, 5) is 48.2. The normalized spacial score (nSPS) is 15.0. The largest absolute Gasteiger partial charge is 0.507 e. The highest BCUT2D eigenvalue weighted by Gasteiger charge is 2.36. The summed E-state index contributed by atoms with van der Waals surface area (Å²) in [6, 6.07) is 5.84. The van der Waals surface area contributed by atoms with Gasteiger partial charge in [-0.25, -0.2) is 13.2 Å². The van der Waals surface area contributed by atoms with Crippen molar-refractivity contribution in [3.8, 4) is 22.6 Å². The number of carbonyl (C=O) groups is 2. The van der Waals surface area contributed by atoms with Crippen LogP contribution in [0, 0.1) is 18.6 Å². The third-order valence-corrected chi connectivity index (χ3v) is 8.68. The van der Waals surface area contributed by atoms with E-state index < -0.39 is 57.8 Å². The molecule has 47 heavy (non-hydrogen) atoms. The summed E-state index contributed by atoms with van der Waals surface area (Å²) in [5.74, 6) is -5.70. The molecule has 2 amide bonds. The Morgan fingerprint density at radius 1 is 1.15 bits per heavy atom. The van der Waals surface area contributed by atoms with Gasteiger partial charge in [0.25, 0.3) is 17.4 Å². The van der Waals surface area contributed by atoms with Crippen molar-refractivity contribution < 1.29 is 27.9 Å². The molecule has 1 atom stereocenters. The number of nitrogens with zero attached hydrogens (tertiary/aromatic N) is 4. The summed E-state index contributed by atoms with van der Waals surface area (Å²) in [6.07, 6.45) is 1.56. The van der Waals surface area contributed by atoms with Crippen LogP contribution >= 0.6 is 11.6 Å². The number of hydrogen-bond donors (Lipinski definition) is 2. The molecule has 1 fully saturated rings. The first-order valence-corrected chi connectivity index (χ1v) is 15.3. The van der Waals surface area contributed by atoms with Crippen LogP contribution in [-0.4, -0.2) is 64.1 Å². The summed E-state index contributed by atoms with van der Waals surface area (Å²) < 4.78 is 47.4. The second kappa shape index (κ2) is 12.7. The Morgan fingerprint density at radius 3 is 2.45 bits per heavy atom. The van der Waals surface area contributed by atoms with Crippen LogP contribution in [0.5, 0.6) is 5.75 Å². The van der Waals surface area contributed by atoms with Gasteiger partial charge in [-0.05, 0) is 49.6 Å². The lowest BCUT2D eigenvalue weighted by atomic mass is 9.96. The van der Waals surface area contributed by atoms with Gasteiger partial charge < -0.3 is 20.2 Å². The van der Waals surface area contributed by atoms with Crippen LogP contribution in [0.3, 0.4) is 0 Å². The highest BCUT2D eigenvalue weighted by atomic mass is 35.5. The Hall–Kier alpha value is -4.84. The molecule has 0 spiro atoms. The zero-order valence-electron chi connectivity index (χ0n) is 26.4. The number of carbonyl (C=O) groups excluding carboxylic acids is 2. The van der Waals surface area contributed by atoms with Crippen molar-refractivity contribution in [1.29, 1.82) is 0 Å². The van der Waals surface area contributed by atoms with Crippen LogP contribution in [0.4, 0.5) is 18.9 Å². The molecule has 3 heterocycles. The fraction of sp³-hybridized carbons (Fsp3) is 0.294. The van der Waals surface area contributed by atoms with E-state index in [-0.39, 0.29) is 58.4 Å². The van der Waals surface area contributed by atoms with E-state index in [1.54, 1.807) is 31.0 Å². The number of benzene rings is 2. The molecule has 1 aliphatic rings. The molecule has 0 bridgehead atoms. The summed E-state index contributed by atoms with van der Waals surface area (Å²) in [7, 11) is 1.35. The SMILES string of the molecule is C=C(F)C(=O)N1CCN(c2c(C(=O)NC)c(=O)n(-c3c(C)ccnc3C(C)C)c3c(F)c(-c4c(O)cccc4F)c(Cl)cc23)[C@@H](C)C1. The van der Waals surface area contributed by atoms with Gasteiger partial charge in [-0.3, -0.25) is 23.9 Å². The highest BCUT2D eigenvalue weighted by molar-refractivity contribution is 6.34. The second-order valence-corrected chi connectivity index (χ2v) is 12.1. The molecule has 9 nitrogen and oxygen atoms in total. The number of rotatable bonds is 6. The van der Waals surface area contributed by atoms with Gasteiger partial charge in [-0.1, -0.05) is 38.1 Å². The number of halogens is 4. The molecule has 246 valence electrons. The third-order valence-electron chi connectivity index (χ3n) is 8.38. The summed E-state index contributed by atoms with van der Waals surface area (Å²) in [5, 5.41) is 12.9. The van der Waals surface area contributed by atoms with Crippen molar-refractivity contribution >= 4 is 40.0 Å². The van der Waals surface area contributed by atoms with E-state index >= 15 is 8.78 Å². The van der Waals surface area contributed by atoms with Crippen LogP contribution in [0.15, 0.2) is 53.7 Å². The Labute approximate surface area is 273 Å². The summed E-state index contributed by atoms with van der Waals surface area (Å²) in [6.45, 7) is 10.2. The van der Waals surface area contributed by atoms with Gasteiger partial charge in [0.1, 0.15) is 17.1 Å². The number of aromatic nitrogens is 2. The van der Waals surface area contributed by atoms with E-state index in [1.165, 1.54) is 30.1 Å². The molecule has 13 heteroatoms. The Kier molecular flexibility index (Phi) is 9.09. The standard InChI is InChI=1S/C34H33ClF3N5O4/c1-16(2)28-29(17(3)10-11-40-28)43-31-20(14-21(35)24(27(31)38)25-22(37)8-7-9-23(25)44)30(26(34(43)47)32(45)39-6)42-13-12-41(15-18(42)4)33(46)19(5)36/h7-11,14,16,18,44H,5,12-13,15H2,1-4,6H3,(H,39,45)/t18-/m0/s1. The third kappa shape index (κ3) is 5.60. The van der Waals surface area contributed by atoms with Crippen molar-refractivity contribution in [1.82, 2.24) is 19.8 Å². The van der Waals surface area contributed by atoms with Crippen LogP contribution in [-0.2, 0) is 4.79 Å². The number of aromatic hydroxyl groups is 1. The number of piperazine rings is 1. The minimum Gasteiger partial charge on any atom is -0.507 e. The predicted octanol–water partition coefficient (Wildman–Crippen LogP) is 6.00. The number of anilines is 1. The molecular formula is C34H33ClF3N5O4. The van der Waals surface area contributed by atoms with Crippen molar-refractivity contribution in [3.63, 3.8) is 0 Å². The predicted molar refractivity (Wildman–Crippen MR) is 175 cm³/mol. The molecule has 4 aromatic rings. The van der Waals surface area contributed by atoms with Crippen LogP contribution in [0.1, 0.15) is 48.3 Å². The molecule has 2 aromatic carbocycles. The Bertz CT molecular complexity index is 2010. The molecule has 2 aromatic heterocycles. The first kappa shape index (κ1) is 33.5. The maximum absolute atomic E-state index is 17.3. The first-order valence-electron chi connectivity index (χ1n) is 14.9. The number of hydrogen-bond acceptors (Lipinski definition) is 6. The van der Waals surface area contributed by atoms with Crippen molar-refractivity contribution in [2.75, 3.05) is 31.6 Å². The first-order chi connectivity index (χ1) is 22.2. The molecule has 1 saturated heterocycles. The average molecular weight is 668 g/mol. The van der Waals surface area contributed by atoms with Crippen LogP contribution in [0.25, 0.3) is 27.7 Å². The number of fused-ring (bicyclic) bond motifs is 1. The van der Waals surface area contributed by atoms with Gasteiger partial charge >= 0.3 is 0 Å². The number of aryl methyl sites for hydroxylation is 1. The van der Waals surface area contributed by atoms with Gasteiger partial charge in [0, 0.05) is 49.9 Å². The number of pyridine rings is 2. The molecule has 1 aliphatic heterocycles. The molecule has 5 rings (SSSR count). The molecule has 0 radical (unpaired) electrons. The fourth-order valence-electron chi connectivity index (χ4n) is 6.22. The monoisotopic (exact) mass is 667 g/mol. The number of phenols is 1. The lowest BCUT2D eigenvalue weighted by molar-refractivity contribution is -0.129. The maximum Gasteiger partial charge on any atom is 0.282 e. The molecule has 0 aliphatic carbocycles. The van der Waals surface area contributed by atoms with Crippen LogP contribution < -0.4 is 15.8 Å². The molecular weight excluding hydrogens is 635 g/mol. The number of nitrogens with one attached hydrogen (secondary N) is 1. The van der Waals surface area contributed by atoms with Crippen molar-refractivity contribution in [2.45, 2.75) is 39.7 Å². The van der Waals surface area contributed by atoms with Gasteiger partial charge in [-0.2, -0.15) is 0 Å². The molecule has 2 N–H and O–H groups in total. The zero-order valence-corrected chi connectivity index (χ0v) is 27.2. The summed E-state index contributed by atoms with van der Waals surface area (Å²) >= 11 is 6.71. The Morgan fingerprint density at radius 2 is 1.85 bits per heavy atom. The number of phenolic OH excluding ortho intramolecular Hbond substituents is 1. The average Bonchev–Trinajstić information content (AvgIpc) is 3.01. The van der Waals surface area contributed by atoms with Gasteiger partial charge in [0.15, 0.2) is 11.6 Å². The van der Waals surface area contributed by atoms with E-state index in [4.69, 9.17) is 11.6 Å². The van der Waals surface area contributed by atoms with E-state index in [2.05, 4.69) is 16.9 Å². The molecule has 0 saturated carbocycles. The highest BCUT2D eigenvalue weighted by Crippen LogP contribution is 2.45. The lowest BCUT2D eigenvalue weighted by Crippen LogP contribution is -2.54. The van der Waals surface area contributed by atoms with Gasteiger partial charge in [-0.15, -0.1) is 0 Å². The van der Waals surface area contributed by atoms with E-state index in [1.807, 2.05) is 13.8 Å². The molecule has 0 unspecified atom stereocenters. The minimum absolute atomic E-state index is 0.000479. The quantitative estimate of drug-likeness (QED) is 0.244. The van der Waals surface area contributed by atoms with Crippen LogP contribution in [0.2, 0.25) is 5.02 Å². The fourth-order valence-corrected chi connectivity index (χ4v) is 6.51. The lowest BCUT2D eigenvalue weighted by Gasteiger charge is -2.42. The number of amides is 2. The maximum atomic E-state index is 17.3. The smallest absolute Gasteiger partial charge is 0.282 e. The second-order valence-electron chi connectivity index (χ2n) is 11.7. The Balaban J connectivity index is 1.99. The van der Waals surface area contributed by atoms with Gasteiger partial charge in [0.2, 0.25) is 0 Å². The summed E-state index contributed by atoms with van der Waals surface area (Å²) in [5.41, 5.74) is -1.33. The van der Waals surface area contributed by atoms with E-state index in [9.17, 15) is 23.9 Å². The van der Waals surface area contributed by atoms with E-state index in [0.717, 1.165) is 10.6 Å². The zero-order chi connectivity index (χ0) is 34.5. The van der Waals surface area contributed by atoms with Crippen molar-refractivity contribution in [2.24, 2.45) is 0 Å². The van der Waals surface area contributed by atoms with E-state index in [0.29, 0.717) is 11.3 Å². The topological polar surface area (TPSA) is 108 Å². The minimum atomic E-state index is -1.13.